The molecular formula is C20H28ClIN4O3S. The second-order valence-corrected chi connectivity index (χ2v) is 8.30. The number of primary sulfonamides is 1. The average molecular weight is 567 g/mol. The Balaban J connectivity index is 0.00000450. The third-order valence-corrected chi connectivity index (χ3v) is 5.49. The quantitative estimate of drug-likeness (QED) is 0.246. The van der Waals surface area contributed by atoms with Crippen LogP contribution in [-0.4, -0.2) is 41.1 Å². The van der Waals surface area contributed by atoms with E-state index in [1.165, 1.54) is 12.1 Å². The van der Waals surface area contributed by atoms with Crippen molar-refractivity contribution >= 4 is 51.6 Å². The van der Waals surface area contributed by atoms with Crippen molar-refractivity contribution in [3.63, 3.8) is 0 Å². The van der Waals surface area contributed by atoms with Crippen LogP contribution in [0.3, 0.4) is 0 Å². The summed E-state index contributed by atoms with van der Waals surface area (Å²) in [5.74, 6) is 1.45. The van der Waals surface area contributed by atoms with Crippen molar-refractivity contribution in [3.8, 4) is 5.75 Å². The van der Waals surface area contributed by atoms with Crippen molar-refractivity contribution in [1.82, 2.24) is 10.6 Å². The molecule has 4 N–H and O–H groups in total. The molecule has 166 valence electrons. The zero-order valence-electron chi connectivity index (χ0n) is 17.0. The zero-order chi connectivity index (χ0) is 21.3. The van der Waals surface area contributed by atoms with Gasteiger partial charge >= 0.3 is 0 Å². The van der Waals surface area contributed by atoms with Crippen molar-refractivity contribution in [2.45, 2.75) is 24.7 Å². The number of guanidine groups is 1. The van der Waals surface area contributed by atoms with Crippen LogP contribution in [0.5, 0.6) is 5.75 Å². The molecule has 0 bridgehead atoms. The van der Waals surface area contributed by atoms with Gasteiger partial charge in [0.2, 0.25) is 10.0 Å². The van der Waals surface area contributed by atoms with Gasteiger partial charge in [0, 0.05) is 24.7 Å². The van der Waals surface area contributed by atoms with Gasteiger partial charge in [-0.15, -0.1) is 24.0 Å². The second-order valence-electron chi connectivity index (χ2n) is 6.33. The predicted octanol–water partition coefficient (Wildman–Crippen LogP) is 2.95. The fourth-order valence-corrected chi connectivity index (χ4v) is 3.44. The minimum Gasteiger partial charge on any atom is -0.497 e. The first kappa shape index (κ1) is 26.5. The number of aliphatic imine (C=N–C) groups is 1. The smallest absolute Gasteiger partial charge is 0.238 e. The van der Waals surface area contributed by atoms with Gasteiger partial charge < -0.3 is 15.4 Å². The lowest BCUT2D eigenvalue weighted by Crippen LogP contribution is -2.38. The molecule has 2 rings (SSSR count). The van der Waals surface area contributed by atoms with Gasteiger partial charge in [-0.1, -0.05) is 29.8 Å². The Morgan fingerprint density at radius 3 is 2.40 bits per heavy atom. The molecule has 0 unspecified atom stereocenters. The van der Waals surface area contributed by atoms with E-state index >= 15 is 0 Å². The maximum atomic E-state index is 11.3. The molecule has 0 atom stereocenters. The third kappa shape index (κ3) is 8.66. The highest BCUT2D eigenvalue weighted by Gasteiger charge is 2.07. The molecule has 0 aliphatic rings. The summed E-state index contributed by atoms with van der Waals surface area (Å²) in [5.41, 5.74) is 2.02. The molecule has 0 aliphatic heterocycles. The highest BCUT2D eigenvalue weighted by Crippen LogP contribution is 2.22. The first-order chi connectivity index (χ1) is 13.8. The highest BCUT2D eigenvalue weighted by atomic mass is 127. The van der Waals surface area contributed by atoms with Crippen molar-refractivity contribution < 1.29 is 13.2 Å². The Labute approximate surface area is 200 Å². The summed E-state index contributed by atoms with van der Waals surface area (Å²) < 4.78 is 27.8. The number of methoxy groups -OCH3 is 1. The lowest BCUT2D eigenvalue weighted by Gasteiger charge is -2.12. The van der Waals surface area contributed by atoms with Gasteiger partial charge in [0.05, 0.1) is 12.0 Å². The minimum atomic E-state index is -3.66. The topological polar surface area (TPSA) is 106 Å². The van der Waals surface area contributed by atoms with Crippen LogP contribution >= 0.6 is 35.6 Å². The molecule has 0 heterocycles. The Morgan fingerprint density at radius 2 is 1.83 bits per heavy atom. The number of ether oxygens (including phenoxy) is 1. The van der Waals surface area contributed by atoms with Crippen LogP contribution in [0.15, 0.2) is 52.4 Å². The van der Waals surface area contributed by atoms with E-state index in [9.17, 15) is 8.42 Å². The zero-order valence-corrected chi connectivity index (χ0v) is 20.9. The van der Waals surface area contributed by atoms with Crippen LogP contribution in [0.25, 0.3) is 0 Å². The first-order valence-corrected chi connectivity index (χ1v) is 11.2. The van der Waals surface area contributed by atoms with Crippen LogP contribution in [0.2, 0.25) is 5.02 Å². The van der Waals surface area contributed by atoms with Crippen LogP contribution in [-0.2, 0) is 22.9 Å². The minimum absolute atomic E-state index is 0. The number of benzene rings is 2. The summed E-state index contributed by atoms with van der Waals surface area (Å²) in [4.78, 5) is 4.69. The van der Waals surface area contributed by atoms with E-state index in [1.807, 2.05) is 19.1 Å². The summed E-state index contributed by atoms with van der Waals surface area (Å²) in [6.45, 7) is 4.00. The normalized spacial score (nSPS) is 11.5. The summed E-state index contributed by atoms with van der Waals surface area (Å²) in [7, 11) is -2.05. The Hall–Kier alpha value is -1.56. The standard InChI is InChI=1S/C20H27ClN4O3S.HI/c1-3-23-20(25-13-11-16-6-7-17(28-2)14-19(16)21)24-12-10-15-4-8-18(9-5-15)29(22,26)27;/h4-9,14H,3,10-13H2,1-2H3,(H2,22,26,27)(H2,23,24,25);1H. The van der Waals surface area contributed by atoms with E-state index in [-0.39, 0.29) is 28.9 Å². The van der Waals surface area contributed by atoms with Gasteiger partial charge in [-0.2, -0.15) is 0 Å². The Bertz CT molecular complexity index is 938. The van der Waals surface area contributed by atoms with Gasteiger partial charge in [0.1, 0.15) is 5.75 Å². The van der Waals surface area contributed by atoms with Crippen molar-refractivity contribution in [1.29, 1.82) is 0 Å². The lowest BCUT2D eigenvalue weighted by molar-refractivity contribution is 0.414. The summed E-state index contributed by atoms with van der Waals surface area (Å²) in [5, 5.41) is 12.3. The molecule has 0 spiro atoms. The number of sulfonamides is 1. The number of halogens is 2. The average Bonchev–Trinajstić information content (AvgIpc) is 2.69. The summed E-state index contributed by atoms with van der Waals surface area (Å²) in [6.07, 6.45) is 1.44. The number of nitrogens with one attached hydrogen (secondary N) is 2. The molecule has 2 aromatic rings. The van der Waals surface area contributed by atoms with E-state index < -0.39 is 10.0 Å². The highest BCUT2D eigenvalue weighted by molar-refractivity contribution is 14.0. The van der Waals surface area contributed by atoms with Crippen LogP contribution in [0.1, 0.15) is 18.1 Å². The molecule has 0 saturated heterocycles. The molecular weight excluding hydrogens is 539 g/mol. The maximum absolute atomic E-state index is 11.3. The van der Waals surface area contributed by atoms with Crippen molar-refractivity contribution in [2.75, 3.05) is 26.7 Å². The summed E-state index contributed by atoms with van der Waals surface area (Å²) >= 11 is 6.27. The van der Waals surface area contributed by atoms with Gasteiger partial charge in [-0.25, -0.2) is 13.6 Å². The van der Waals surface area contributed by atoms with E-state index in [4.69, 9.17) is 21.5 Å². The van der Waals surface area contributed by atoms with E-state index in [1.54, 1.807) is 25.3 Å². The lowest BCUT2D eigenvalue weighted by atomic mass is 10.1. The number of hydrogen-bond donors (Lipinski definition) is 3. The molecule has 0 aromatic heterocycles. The van der Waals surface area contributed by atoms with Gasteiger partial charge in [0.25, 0.3) is 0 Å². The van der Waals surface area contributed by atoms with Gasteiger partial charge in [0.15, 0.2) is 5.96 Å². The van der Waals surface area contributed by atoms with Crippen LogP contribution in [0.4, 0.5) is 0 Å². The fourth-order valence-electron chi connectivity index (χ4n) is 2.66. The van der Waals surface area contributed by atoms with Crippen molar-refractivity contribution in [3.05, 3.63) is 58.6 Å². The molecule has 10 heteroatoms. The third-order valence-electron chi connectivity index (χ3n) is 4.21. The predicted molar refractivity (Wildman–Crippen MR) is 133 cm³/mol. The van der Waals surface area contributed by atoms with Crippen LogP contribution < -0.4 is 20.5 Å². The Morgan fingerprint density at radius 1 is 1.13 bits per heavy atom. The monoisotopic (exact) mass is 566 g/mol. The molecule has 0 saturated carbocycles. The van der Waals surface area contributed by atoms with E-state index in [0.717, 1.165) is 35.8 Å². The Kier molecular flexibility index (Phi) is 11.5. The molecule has 0 fully saturated rings. The van der Waals surface area contributed by atoms with E-state index in [2.05, 4.69) is 15.6 Å². The first-order valence-electron chi connectivity index (χ1n) is 9.30. The largest absolute Gasteiger partial charge is 0.497 e. The van der Waals surface area contributed by atoms with E-state index in [0.29, 0.717) is 24.5 Å². The van der Waals surface area contributed by atoms with Gasteiger partial charge in [-0.05, 0) is 55.2 Å². The fraction of sp³-hybridized carbons (Fsp3) is 0.350. The number of rotatable bonds is 9. The molecule has 30 heavy (non-hydrogen) atoms. The molecule has 0 amide bonds. The molecule has 7 nitrogen and oxygen atoms in total. The molecule has 2 aromatic carbocycles. The SMILES string of the molecule is CCNC(=NCCc1ccc(OC)cc1Cl)NCCc1ccc(S(N)(=O)=O)cc1.I. The van der Waals surface area contributed by atoms with Gasteiger partial charge in [-0.3, -0.25) is 4.99 Å². The maximum Gasteiger partial charge on any atom is 0.238 e. The molecule has 0 aliphatic carbocycles. The number of nitrogens with zero attached hydrogens (tertiary/aromatic N) is 1. The number of nitrogens with two attached hydrogens (primary N) is 1. The van der Waals surface area contributed by atoms with Crippen molar-refractivity contribution in [2.24, 2.45) is 10.1 Å². The number of hydrogen-bond acceptors (Lipinski definition) is 4. The summed E-state index contributed by atoms with van der Waals surface area (Å²) in [6, 6.07) is 12.2. The van der Waals surface area contributed by atoms with Crippen LogP contribution in [0, 0.1) is 0 Å². The molecule has 0 radical (unpaired) electrons. The second kappa shape index (κ2) is 13.0.